The SMILES string of the molecule is CCCCCCOc1ccc(C=Nc2ccc(CCCCC)cc2)cc1. The number of aryl methyl sites for hydroxylation is 1. The number of hydrogen-bond donors (Lipinski definition) is 0. The fourth-order valence-electron chi connectivity index (χ4n) is 2.85. The summed E-state index contributed by atoms with van der Waals surface area (Å²) in [5.41, 5.74) is 3.49. The normalized spacial score (nSPS) is 11.2. The van der Waals surface area contributed by atoms with Crippen LogP contribution in [-0.2, 0) is 6.42 Å². The summed E-state index contributed by atoms with van der Waals surface area (Å²) in [5, 5.41) is 0. The third kappa shape index (κ3) is 7.86. The van der Waals surface area contributed by atoms with Crippen LogP contribution in [0.2, 0.25) is 0 Å². The molecule has 2 aromatic rings. The van der Waals surface area contributed by atoms with E-state index >= 15 is 0 Å². The van der Waals surface area contributed by atoms with E-state index in [-0.39, 0.29) is 0 Å². The Kier molecular flexibility index (Phi) is 9.56. The van der Waals surface area contributed by atoms with Crippen molar-refractivity contribution in [1.82, 2.24) is 0 Å². The molecule has 140 valence electrons. The lowest BCUT2D eigenvalue weighted by Crippen LogP contribution is -1.97. The van der Waals surface area contributed by atoms with E-state index in [1.165, 1.54) is 44.1 Å². The first-order valence-electron chi connectivity index (χ1n) is 10.2. The molecule has 2 aromatic carbocycles. The lowest BCUT2D eigenvalue weighted by Gasteiger charge is -2.06. The number of benzene rings is 2. The topological polar surface area (TPSA) is 21.6 Å². The van der Waals surface area contributed by atoms with Gasteiger partial charge in [0, 0.05) is 6.21 Å². The maximum atomic E-state index is 5.78. The predicted octanol–water partition coefficient (Wildman–Crippen LogP) is 7.13. The molecule has 0 radical (unpaired) electrons. The molecule has 0 N–H and O–H groups in total. The van der Waals surface area contributed by atoms with Crippen LogP contribution >= 0.6 is 0 Å². The molecule has 26 heavy (non-hydrogen) atoms. The first-order chi connectivity index (χ1) is 12.8. The van der Waals surface area contributed by atoms with Crippen LogP contribution in [0, 0.1) is 0 Å². The summed E-state index contributed by atoms with van der Waals surface area (Å²) in [5.74, 6) is 0.940. The lowest BCUT2D eigenvalue weighted by atomic mass is 10.1. The number of unbranched alkanes of at least 4 members (excludes halogenated alkanes) is 5. The van der Waals surface area contributed by atoms with E-state index in [2.05, 4.69) is 55.2 Å². The van der Waals surface area contributed by atoms with Gasteiger partial charge in [0.2, 0.25) is 0 Å². The molecule has 0 atom stereocenters. The highest BCUT2D eigenvalue weighted by Gasteiger charge is 1.96. The molecular formula is C24H33NO. The van der Waals surface area contributed by atoms with Crippen molar-refractivity contribution in [2.45, 2.75) is 65.2 Å². The Labute approximate surface area is 159 Å². The van der Waals surface area contributed by atoms with E-state index in [0.717, 1.165) is 36.4 Å². The summed E-state index contributed by atoms with van der Waals surface area (Å²) < 4.78 is 5.78. The Morgan fingerprint density at radius 2 is 1.46 bits per heavy atom. The summed E-state index contributed by atoms with van der Waals surface area (Å²) in [7, 11) is 0. The first kappa shape index (κ1) is 20.2. The molecule has 0 amide bonds. The van der Waals surface area contributed by atoms with Crippen LogP contribution in [-0.4, -0.2) is 12.8 Å². The van der Waals surface area contributed by atoms with E-state index in [1.54, 1.807) is 0 Å². The molecule has 0 aliphatic rings. The summed E-state index contributed by atoms with van der Waals surface area (Å²) in [6.45, 7) is 5.27. The molecular weight excluding hydrogens is 318 g/mol. The molecule has 0 aromatic heterocycles. The minimum Gasteiger partial charge on any atom is -0.494 e. The molecule has 2 heteroatoms. The van der Waals surface area contributed by atoms with Gasteiger partial charge in [-0.2, -0.15) is 0 Å². The van der Waals surface area contributed by atoms with Gasteiger partial charge >= 0.3 is 0 Å². The molecule has 0 bridgehead atoms. The van der Waals surface area contributed by atoms with Crippen LogP contribution in [0.15, 0.2) is 53.5 Å². The maximum Gasteiger partial charge on any atom is 0.119 e. The Bertz CT molecular complexity index is 628. The van der Waals surface area contributed by atoms with Crippen LogP contribution in [0.4, 0.5) is 5.69 Å². The molecule has 0 fully saturated rings. The second-order valence-electron chi connectivity index (χ2n) is 6.86. The summed E-state index contributed by atoms with van der Waals surface area (Å²) in [6, 6.07) is 16.8. The van der Waals surface area contributed by atoms with Crippen molar-refractivity contribution in [2.24, 2.45) is 4.99 Å². The third-order valence-electron chi connectivity index (χ3n) is 4.51. The minimum atomic E-state index is 0.804. The van der Waals surface area contributed by atoms with Gasteiger partial charge in [-0.05, 0) is 66.8 Å². The Morgan fingerprint density at radius 3 is 2.15 bits per heavy atom. The average molecular weight is 352 g/mol. The Morgan fingerprint density at radius 1 is 0.769 bits per heavy atom. The van der Waals surface area contributed by atoms with E-state index in [0.29, 0.717) is 0 Å². The minimum absolute atomic E-state index is 0.804. The molecule has 0 heterocycles. The Balaban J connectivity index is 1.78. The average Bonchev–Trinajstić information content (AvgIpc) is 2.68. The number of rotatable bonds is 12. The van der Waals surface area contributed by atoms with E-state index in [1.807, 2.05) is 18.3 Å². The zero-order valence-corrected chi connectivity index (χ0v) is 16.4. The molecule has 2 nitrogen and oxygen atoms in total. The predicted molar refractivity (Wildman–Crippen MR) is 113 cm³/mol. The number of nitrogens with zero attached hydrogens (tertiary/aromatic N) is 1. The van der Waals surface area contributed by atoms with Gasteiger partial charge in [-0.15, -0.1) is 0 Å². The van der Waals surface area contributed by atoms with Crippen LogP contribution in [0.25, 0.3) is 0 Å². The van der Waals surface area contributed by atoms with Gasteiger partial charge in [0.05, 0.1) is 12.3 Å². The van der Waals surface area contributed by atoms with Crippen LogP contribution in [0.1, 0.15) is 69.9 Å². The molecule has 0 unspecified atom stereocenters. The summed E-state index contributed by atoms with van der Waals surface area (Å²) in [4.78, 5) is 4.57. The van der Waals surface area contributed by atoms with E-state index < -0.39 is 0 Å². The second-order valence-corrected chi connectivity index (χ2v) is 6.86. The maximum absolute atomic E-state index is 5.78. The van der Waals surface area contributed by atoms with Gasteiger partial charge in [0.1, 0.15) is 5.75 Å². The van der Waals surface area contributed by atoms with Crippen molar-refractivity contribution >= 4 is 11.9 Å². The number of aliphatic imine (C=N–C) groups is 1. The fraction of sp³-hybridized carbons (Fsp3) is 0.458. The highest BCUT2D eigenvalue weighted by atomic mass is 16.5. The van der Waals surface area contributed by atoms with Gasteiger partial charge in [-0.25, -0.2) is 0 Å². The summed E-state index contributed by atoms with van der Waals surface area (Å²) >= 11 is 0. The second kappa shape index (κ2) is 12.3. The van der Waals surface area contributed by atoms with Crippen LogP contribution < -0.4 is 4.74 Å². The van der Waals surface area contributed by atoms with Gasteiger partial charge in [0.25, 0.3) is 0 Å². The highest BCUT2D eigenvalue weighted by molar-refractivity contribution is 5.82. The molecule has 0 saturated heterocycles. The molecule has 0 spiro atoms. The quantitative estimate of drug-likeness (QED) is 0.294. The van der Waals surface area contributed by atoms with Gasteiger partial charge in [-0.3, -0.25) is 4.99 Å². The van der Waals surface area contributed by atoms with Crippen molar-refractivity contribution in [1.29, 1.82) is 0 Å². The molecule has 0 aliphatic carbocycles. The number of hydrogen-bond acceptors (Lipinski definition) is 2. The van der Waals surface area contributed by atoms with Gasteiger partial charge in [0.15, 0.2) is 0 Å². The largest absolute Gasteiger partial charge is 0.494 e. The lowest BCUT2D eigenvalue weighted by molar-refractivity contribution is 0.305. The Hall–Kier alpha value is -2.09. The molecule has 0 aliphatic heterocycles. The van der Waals surface area contributed by atoms with Gasteiger partial charge in [-0.1, -0.05) is 58.1 Å². The van der Waals surface area contributed by atoms with Crippen LogP contribution in [0.5, 0.6) is 5.75 Å². The zero-order valence-electron chi connectivity index (χ0n) is 16.4. The molecule has 2 rings (SSSR count). The third-order valence-corrected chi connectivity index (χ3v) is 4.51. The highest BCUT2D eigenvalue weighted by Crippen LogP contribution is 2.16. The van der Waals surface area contributed by atoms with Crippen LogP contribution in [0.3, 0.4) is 0 Å². The molecule has 0 saturated carbocycles. The van der Waals surface area contributed by atoms with Crippen molar-refractivity contribution < 1.29 is 4.74 Å². The fourth-order valence-corrected chi connectivity index (χ4v) is 2.85. The first-order valence-corrected chi connectivity index (χ1v) is 10.2. The summed E-state index contributed by atoms with van der Waals surface area (Å²) in [6.07, 6.45) is 11.8. The van der Waals surface area contributed by atoms with Crippen molar-refractivity contribution in [2.75, 3.05) is 6.61 Å². The zero-order chi connectivity index (χ0) is 18.5. The number of ether oxygens (including phenoxy) is 1. The van der Waals surface area contributed by atoms with E-state index in [4.69, 9.17) is 4.74 Å². The van der Waals surface area contributed by atoms with Crippen molar-refractivity contribution in [3.8, 4) is 5.75 Å². The smallest absolute Gasteiger partial charge is 0.119 e. The van der Waals surface area contributed by atoms with E-state index in [9.17, 15) is 0 Å². The van der Waals surface area contributed by atoms with Gasteiger partial charge < -0.3 is 4.74 Å². The monoisotopic (exact) mass is 351 g/mol. The standard InChI is InChI=1S/C24H33NO/c1-3-5-7-9-19-26-24-17-13-22(14-18-24)20-25-23-15-11-21(12-16-23)10-8-6-4-2/h11-18,20H,3-10,19H2,1-2H3. The van der Waals surface area contributed by atoms with Crippen molar-refractivity contribution in [3.05, 3.63) is 59.7 Å². The van der Waals surface area contributed by atoms with Crippen molar-refractivity contribution in [3.63, 3.8) is 0 Å².